The molecule has 70 valence electrons. The minimum absolute atomic E-state index is 0.995. The number of rotatable bonds is 4. The van der Waals surface area contributed by atoms with Crippen LogP contribution in [0.2, 0.25) is 0 Å². The van der Waals surface area contributed by atoms with Crippen molar-refractivity contribution in [3.05, 3.63) is 36.6 Å². The molecule has 0 saturated carbocycles. The second-order valence-electron chi connectivity index (χ2n) is 3.48. The number of hydrogen-bond acceptors (Lipinski definition) is 1. The van der Waals surface area contributed by atoms with E-state index >= 15 is 0 Å². The lowest BCUT2D eigenvalue weighted by Crippen LogP contribution is -2.05. The largest absolute Gasteiger partial charge is 0.261 e. The lowest BCUT2D eigenvalue weighted by atomic mass is 9.99. The van der Waals surface area contributed by atoms with Gasteiger partial charge in [0, 0.05) is 11.9 Å². The highest BCUT2D eigenvalue weighted by Crippen LogP contribution is 2.17. The fourth-order valence-corrected chi connectivity index (χ4v) is 1.32. The molecule has 1 aliphatic heterocycles. The van der Waals surface area contributed by atoms with Gasteiger partial charge in [-0.1, -0.05) is 18.2 Å². The van der Waals surface area contributed by atoms with Crippen LogP contribution < -0.4 is 0 Å². The minimum Gasteiger partial charge on any atom is -0.261 e. The van der Waals surface area contributed by atoms with Crippen molar-refractivity contribution in [1.82, 2.24) is 0 Å². The zero-order chi connectivity index (χ0) is 9.68. The van der Waals surface area contributed by atoms with Crippen LogP contribution in [0.4, 0.5) is 0 Å². The summed E-state index contributed by atoms with van der Waals surface area (Å²) in [5.74, 6) is 0. The molecule has 0 amide bonds. The molecule has 0 unspecified atom stereocenters. The molecule has 0 aromatic heterocycles. The van der Waals surface area contributed by atoms with E-state index in [1.54, 1.807) is 0 Å². The molecular formula is C12H17N. The summed E-state index contributed by atoms with van der Waals surface area (Å²) in [5.41, 5.74) is 3.70. The van der Waals surface area contributed by atoms with Gasteiger partial charge < -0.3 is 0 Å². The number of nitrogens with zero attached hydrogens (tertiary/aromatic N) is 1. The lowest BCUT2D eigenvalue weighted by molar-refractivity contribution is 0.948. The molecular weight excluding hydrogens is 158 g/mol. The van der Waals surface area contributed by atoms with Crippen LogP contribution in [-0.4, -0.2) is 5.71 Å². The highest BCUT2D eigenvalue weighted by Gasteiger charge is 2.07. The molecule has 1 heterocycles. The summed E-state index contributed by atoms with van der Waals surface area (Å²) in [5, 5.41) is 0. The van der Waals surface area contributed by atoms with E-state index in [-0.39, 0.29) is 0 Å². The van der Waals surface area contributed by atoms with Gasteiger partial charge in [0.2, 0.25) is 0 Å². The molecule has 0 atom stereocenters. The van der Waals surface area contributed by atoms with Crippen LogP contribution in [0.15, 0.2) is 41.6 Å². The van der Waals surface area contributed by atoms with Crippen molar-refractivity contribution in [2.45, 2.75) is 32.6 Å². The maximum atomic E-state index is 4.38. The average Bonchev–Trinajstić information content (AvgIpc) is 2.15. The van der Waals surface area contributed by atoms with Crippen LogP contribution in [0.3, 0.4) is 0 Å². The summed E-state index contributed by atoms with van der Waals surface area (Å²) in [6.45, 7) is 9.85. The Hall–Kier alpha value is -1.11. The molecule has 1 heteroatoms. The molecule has 1 nitrogen and oxygen atoms in total. The van der Waals surface area contributed by atoms with Crippen LogP contribution >= 0.6 is 0 Å². The van der Waals surface area contributed by atoms with E-state index in [1.165, 1.54) is 16.9 Å². The van der Waals surface area contributed by atoms with Crippen LogP contribution in [0.5, 0.6) is 0 Å². The Morgan fingerprint density at radius 1 is 1.62 bits per heavy atom. The Kier molecular flexibility index (Phi) is 3.69. The Bertz CT molecular complexity index is 269. The first-order valence-corrected chi connectivity index (χ1v) is 4.75. The average molecular weight is 175 g/mol. The van der Waals surface area contributed by atoms with Gasteiger partial charge in [-0.15, -0.1) is 6.58 Å². The lowest BCUT2D eigenvalue weighted by Gasteiger charge is -2.12. The van der Waals surface area contributed by atoms with Crippen LogP contribution in [0.25, 0.3) is 0 Å². The molecule has 0 saturated heterocycles. The molecule has 1 rings (SSSR count). The molecule has 0 radical (unpaired) electrons. The van der Waals surface area contributed by atoms with Crippen molar-refractivity contribution in [3.63, 3.8) is 0 Å². The van der Waals surface area contributed by atoms with Crippen LogP contribution in [0.1, 0.15) is 32.6 Å². The fourth-order valence-electron chi connectivity index (χ4n) is 1.32. The third-order valence-electron chi connectivity index (χ3n) is 2.26. The third-order valence-corrected chi connectivity index (χ3v) is 2.26. The zero-order valence-corrected chi connectivity index (χ0v) is 8.34. The Morgan fingerprint density at radius 3 is 2.92 bits per heavy atom. The molecule has 0 spiro atoms. The molecule has 0 aromatic rings. The van der Waals surface area contributed by atoms with E-state index in [0.717, 1.165) is 25.7 Å². The van der Waals surface area contributed by atoms with Gasteiger partial charge in [0.15, 0.2) is 0 Å². The minimum atomic E-state index is 0.995. The maximum absolute atomic E-state index is 4.38. The highest BCUT2D eigenvalue weighted by molar-refractivity contribution is 6.00. The van der Waals surface area contributed by atoms with E-state index in [4.69, 9.17) is 0 Å². The summed E-state index contributed by atoms with van der Waals surface area (Å²) in [6, 6.07) is 0. The van der Waals surface area contributed by atoms with Gasteiger partial charge in [0.05, 0.1) is 0 Å². The summed E-state index contributed by atoms with van der Waals surface area (Å²) >= 11 is 0. The van der Waals surface area contributed by atoms with Gasteiger partial charge in [-0.25, -0.2) is 0 Å². The summed E-state index contributed by atoms with van der Waals surface area (Å²) in [6.07, 6.45) is 8.06. The second kappa shape index (κ2) is 4.80. The first-order valence-electron chi connectivity index (χ1n) is 4.75. The summed E-state index contributed by atoms with van der Waals surface area (Å²) in [4.78, 5) is 4.38. The van der Waals surface area contributed by atoms with Crippen molar-refractivity contribution in [2.24, 2.45) is 4.99 Å². The van der Waals surface area contributed by atoms with Gasteiger partial charge in [-0.2, -0.15) is 0 Å². The van der Waals surface area contributed by atoms with Gasteiger partial charge in [-0.3, -0.25) is 4.99 Å². The first kappa shape index (κ1) is 9.97. The topological polar surface area (TPSA) is 12.4 Å². The first-order chi connectivity index (χ1) is 6.24. The second-order valence-corrected chi connectivity index (χ2v) is 3.48. The Morgan fingerprint density at radius 2 is 2.38 bits per heavy atom. The molecule has 1 aliphatic rings. The van der Waals surface area contributed by atoms with Crippen molar-refractivity contribution < 1.29 is 0 Å². The van der Waals surface area contributed by atoms with Gasteiger partial charge in [-0.05, 0) is 38.2 Å². The molecule has 0 N–H and O–H groups in total. The van der Waals surface area contributed by atoms with E-state index < -0.39 is 0 Å². The van der Waals surface area contributed by atoms with E-state index in [9.17, 15) is 0 Å². The monoisotopic (exact) mass is 175 g/mol. The van der Waals surface area contributed by atoms with Gasteiger partial charge in [0.25, 0.3) is 0 Å². The predicted molar refractivity (Wildman–Crippen MR) is 59.0 cm³/mol. The van der Waals surface area contributed by atoms with Gasteiger partial charge in [0.1, 0.15) is 0 Å². The van der Waals surface area contributed by atoms with Crippen molar-refractivity contribution in [2.75, 3.05) is 0 Å². The standard InChI is InChI=1S/C12H17N/c1-4-5-6-11(3)12-8-7-10(2)9-13-12/h4,9H,1,3,5-8H2,2H3. The van der Waals surface area contributed by atoms with Crippen molar-refractivity contribution in [1.29, 1.82) is 0 Å². The quantitative estimate of drug-likeness (QED) is 0.578. The highest BCUT2D eigenvalue weighted by atomic mass is 14.7. The number of allylic oxidation sites excluding steroid dienone is 3. The van der Waals surface area contributed by atoms with Crippen molar-refractivity contribution in [3.8, 4) is 0 Å². The van der Waals surface area contributed by atoms with E-state index in [2.05, 4.69) is 25.1 Å². The Balaban J connectivity index is 2.52. The summed E-state index contributed by atoms with van der Waals surface area (Å²) in [7, 11) is 0. The van der Waals surface area contributed by atoms with Crippen LogP contribution in [0, 0.1) is 0 Å². The smallest absolute Gasteiger partial charge is 0.0432 e. The summed E-state index contributed by atoms with van der Waals surface area (Å²) < 4.78 is 0. The number of aliphatic imine (C=N–C) groups is 1. The normalized spacial score (nSPS) is 16.1. The third kappa shape index (κ3) is 3.02. The van der Waals surface area contributed by atoms with Crippen LogP contribution in [-0.2, 0) is 0 Å². The zero-order valence-electron chi connectivity index (χ0n) is 8.34. The molecule has 0 aliphatic carbocycles. The van der Waals surface area contributed by atoms with Gasteiger partial charge >= 0.3 is 0 Å². The maximum Gasteiger partial charge on any atom is 0.0432 e. The van der Waals surface area contributed by atoms with E-state index in [0.29, 0.717) is 0 Å². The van der Waals surface area contributed by atoms with E-state index in [1.807, 2.05) is 12.3 Å². The molecule has 0 fully saturated rings. The molecule has 0 bridgehead atoms. The van der Waals surface area contributed by atoms with Crippen molar-refractivity contribution >= 4 is 5.71 Å². The molecule has 13 heavy (non-hydrogen) atoms. The predicted octanol–water partition coefficient (Wildman–Crippen LogP) is 3.65. The number of hydrogen-bond donors (Lipinski definition) is 0. The molecule has 0 aromatic carbocycles. The fraction of sp³-hybridized carbons (Fsp3) is 0.417. The Labute approximate surface area is 80.6 Å². The SMILES string of the molecule is C=CCCC(=C)C1=NC=C(C)CC1.